The molecule has 0 unspecified atom stereocenters. The summed E-state index contributed by atoms with van der Waals surface area (Å²) in [6, 6.07) is 15.1. The molecule has 0 saturated carbocycles. The fourth-order valence-electron chi connectivity index (χ4n) is 1.98. The molecule has 108 valence electrons. The predicted octanol–water partition coefficient (Wildman–Crippen LogP) is 4.10. The molecule has 2 aromatic carbocycles. The molecule has 0 aromatic heterocycles. The average Bonchev–Trinajstić information content (AvgIpc) is 2.51. The summed E-state index contributed by atoms with van der Waals surface area (Å²) in [7, 11) is 0. The Kier molecular flexibility index (Phi) is 5.05. The van der Waals surface area contributed by atoms with Gasteiger partial charge in [0.25, 0.3) is 0 Å². The molecule has 0 heterocycles. The molecule has 2 aromatic rings. The van der Waals surface area contributed by atoms with Crippen LogP contribution in [0.5, 0.6) is 11.5 Å². The second-order valence-electron chi connectivity index (χ2n) is 4.31. The van der Waals surface area contributed by atoms with E-state index in [-0.39, 0.29) is 0 Å². The molecule has 0 aliphatic rings. The normalized spacial score (nSPS) is 9.76. The minimum absolute atomic E-state index is 0.572. The third-order valence-electron chi connectivity index (χ3n) is 2.88. The van der Waals surface area contributed by atoms with E-state index in [4.69, 9.17) is 14.7 Å². The van der Waals surface area contributed by atoms with Crippen molar-refractivity contribution in [3.8, 4) is 17.6 Å². The summed E-state index contributed by atoms with van der Waals surface area (Å²) in [5.41, 5.74) is 2.11. The second kappa shape index (κ2) is 7.20. The number of nitrogens with one attached hydrogen (secondary N) is 1. The molecule has 4 heteroatoms. The van der Waals surface area contributed by atoms with Gasteiger partial charge in [-0.05, 0) is 38.1 Å². The first-order chi connectivity index (χ1) is 10.3. The van der Waals surface area contributed by atoms with Crippen LogP contribution in [0.15, 0.2) is 42.5 Å². The largest absolute Gasteiger partial charge is 0.494 e. The van der Waals surface area contributed by atoms with E-state index in [1.54, 1.807) is 6.07 Å². The van der Waals surface area contributed by atoms with Gasteiger partial charge < -0.3 is 14.8 Å². The fraction of sp³-hybridized carbons (Fsp3) is 0.235. The summed E-state index contributed by atoms with van der Waals surface area (Å²) in [5, 5.41) is 12.4. The summed E-state index contributed by atoms with van der Waals surface area (Å²) >= 11 is 0. The highest BCUT2D eigenvalue weighted by atomic mass is 16.5. The van der Waals surface area contributed by atoms with Crippen molar-refractivity contribution in [2.24, 2.45) is 0 Å². The Labute approximate surface area is 124 Å². The van der Waals surface area contributed by atoms with Gasteiger partial charge in [0.05, 0.1) is 30.2 Å². The van der Waals surface area contributed by atoms with Gasteiger partial charge in [-0.1, -0.05) is 12.1 Å². The maximum atomic E-state index is 9.16. The van der Waals surface area contributed by atoms with Crippen LogP contribution in [0.2, 0.25) is 0 Å². The van der Waals surface area contributed by atoms with Gasteiger partial charge in [-0.15, -0.1) is 0 Å². The number of rotatable bonds is 6. The van der Waals surface area contributed by atoms with E-state index in [9.17, 15) is 0 Å². The molecule has 0 aliphatic heterocycles. The first kappa shape index (κ1) is 14.7. The predicted molar refractivity (Wildman–Crippen MR) is 83.2 cm³/mol. The summed E-state index contributed by atoms with van der Waals surface area (Å²) in [5.74, 6) is 1.49. The molecule has 0 fully saturated rings. The molecular weight excluding hydrogens is 264 g/mol. The second-order valence-corrected chi connectivity index (χ2v) is 4.31. The molecule has 0 amide bonds. The molecule has 0 spiro atoms. The van der Waals surface area contributed by atoms with E-state index in [0.717, 1.165) is 22.9 Å². The van der Waals surface area contributed by atoms with E-state index < -0.39 is 0 Å². The van der Waals surface area contributed by atoms with E-state index in [0.29, 0.717) is 18.8 Å². The van der Waals surface area contributed by atoms with Crippen molar-refractivity contribution in [1.29, 1.82) is 5.26 Å². The lowest BCUT2D eigenvalue weighted by molar-refractivity contribution is 0.332. The van der Waals surface area contributed by atoms with Crippen LogP contribution in [0, 0.1) is 11.3 Å². The highest BCUT2D eigenvalue weighted by Gasteiger charge is 2.08. The molecule has 0 atom stereocenters. The lowest BCUT2D eigenvalue weighted by atomic mass is 10.2. The zero-order valence-electron chi connectivity index (χ0n) is 12.2. The Hall–Kier alpha value is -2.67. The first-order valence-electron chi connectivity index (χ1n) is 6.94. The van der Waals surface area contributed by atoms with Gasteiger partial charge in [0.1, 0.15) is 17.6 Å². The van der Waals surface area contributed by atoms with Gasteiger partial charge in [-0.3, -0.25) is 0 Å². The molecule has 0 bridgehead atoms. The number of para-hydroxylation sites is 1. The molecule has 0 radical (unpaired) electrons. The molecule has 2 rings (SSSR count). The SMILES string of the molecule is CCOc1ccc(OCC)c(Nc2ccccc2C#N)c1. The molecule has 0 saturated heterocycles. The minimum atomic E-state index is 0.572. The molecule has 21 heavy (non-hydrogen) atoms. The molecule has 0 aliphatic carbocycles. The van der Waals surface area contributed by atoms with Crippen LogP contribution < -0.4 is 14.8 Å². The minimum Gasteiger partial charge on any atom is -0.494 e. The van der Waals surface area contributed by atoms with Crippen molar-refractivity contribution in [3.63, 3.8) is 0 Å². The van der Waals surface area contributed by atoms with E-state index in [1.807, 2.05) is 50.2 Å². The summed E-state index contributed by atoms with van der Waals surface area (Å²) in [6.07, 6.45) is 0. The zero-order chi connectivity index (χ0) is 15.1. The number of hydrogen-bond donors (Lipinski definition) is 1. The van der Waals surface area contributed by atoms with Gasteiger partial charge in [0, 0.05) is 6.07 Å². The molecule has 1 N–H and O–H groups in total. The van der Waals surface area contributed by atoms with Crippen LogP contribution in [0.25, 0.3) is 0 Å². The van der Waals surface area contributed by atoms with Crippen molar-refractivity contribution >= 4 is 11.4 Å². The Morgan fingerprint density at radius 2 is 1.76 bits per heavy atom. The maximum Gasteiger partial charge on any atom is 0.142 e. The Morgan fingerprint density at radius 3 is 2.48 bits per heavy atom. The van der Waals surface area contributed by atoms with Crippen LogP contribution in [0.1, 0.15) is 19.4 Å². The Bertz CT molecular complexity index is 647. The quantitative estimate of drug-likeness (QED) is 0.866. The van der Waals surface area contributed by atoms with Gasteiger partial charge >= 0.3 is 0 Å². The van der Waals surface area contributed by atoms with Gasteiger partial charge in [0.15, 0.2) is 0 Å². The standard InChI is InChI=1S/C17H18N2O2/c1-3-20-14-9-10-17(21-4-2)16(11-14)19-15-8-6-5-7-13(15)12-18/h5-11,19H,3-4H2,1-2H3. The highest BCUT2D eigenvalue weighted by Crippen LogP contribution is 2.32. The molecule has 4 nitrogen and oxygen atoms in total. The third-order valence-corrected chi connectivity index (χ3v) is 2.88. The molecular formula is C17H18N2O2. The van der Waals surface area contributed by atoms with Gasteiger partial charge in [-0.25, -0.2) is 0 Å². The van der Waals surface area contributed by atoms with Gasteiger partial charge in [-0.2, -0.15) is 5.26 Å². The van der Waals surface area contributed by atoms with Crippen molar-refractivity contribution in [2.75, 3.05) is 18.5 Å². The first-order valence-corrected chi connectivity index (χ1v) is 6.94. The third kappa shape index (κ3) is 3.67. The smallest absolute Gasteiger partial charge is 0.142 e. The van der Waals surface area contributed by atoms with Crippen molar-refractivity contribution in [3.05, 3.63) is 48.0 Å². The maximum absolute atomic E-state index is 9.16. The number of hydrogen-bond acceptors (Lipinski definition) is 4. The van der Waals surface area contributed by atoms with Crippen LogP contribution in [0.4, 0.5) is 11.4 Å². The number of nitriles is 1. The van der Waals surface area contributed by atoms with Crippen molar-refractivity contribution in [1.82, 2.24) is 0 Å². The fourth-order valence-corrected chi connectivity index (χ4v) is 1.98. The van der Waals surface area contributed by atoms with Gasteiger partial charge in [0.2, 0.25) is 0 Å². The lowest BCUT2D eigenvalue weighted by Gasteiger charge is -2.15. The Morgan fingerprint density at radius 1 is 1.00 bits per heavy atom. The van der Waals surface area contributed by atoms with Crippen LogP contribution in [-0.4, -0.2) is 13.2 Å². The topological polar surface area (TPSA) is 54.3 Å². The van der Waals surface area contributed by atoms with E-state index in [2.05, 4.69) is 11.4 Å². The van der Waals surface area contributed by atoms with E-state index >= 15 is 0 Å². The summed E-state index contributed by atoms with van der Waals surface area (Å²) < 4.78 is 11.1. The summed E-state index contributed by atoms with van der Waals surface area (Å²) in [4.78, 5) is 0. The van der Waals surface area contributed by atoms with Crippen molar-refractivity contribution in [2.45, 2.75) is 13.8 Å². The number of anilines is 2. The van der Waals surface area contributed by atoms with Crippen LogP contribution >= 0.6 is 0 Å². The highest BCUT2D eigenvalue weighted by molar-refractivity contribution is 5.71. The monoisotopic (exact) mass is 282 g/mol. The summed E-state index contributed by atoms with van der Waals surface area (Å²) in [6.45, 7) is 5.04. The number of ether oxygens (including phenoxy) is 2. The number of nitrogens with zero attached hydrogens (tertiary/aromatic N) is 1. The van der Waals surface area contributed by atoms with E-state index in [1.165, 1.54) is 0 Å². The lowest BCUT2D eigenvalue weighted by Crippen LogP contribution is -2.00. The van der Waals surface area contributed by atoms with Crippen molar-refractivity contribution < 1.29 is 9.47 Å². The number of benzene rings is 2. The Balaban J connectivity index is 2.36. The zero-order valence-corrected chi connectivity index (χ0v) is 12.2. The van der Waals surface area contributed by atoms with Crippen LogP contribution in [0.3, 0.4) is 0 Å². The average molecular weight is 282 g/mol. The van der Waals surface area contributed by atoms with Crippen LogP contribution in [-0.2, 0) is 0 Å².